The Balaban J connectivity index is 2.00. The highest BCUT2D eigenvalue weighted by Crippen LogP contribution is 2.30. The molecule has 0 bridgehead atoms. The SMILES string of the molecule is COC(=O)C1=C(C)N=c2s/c(=C\c3ccoc3)c(=O)n2C1c1ccccc1. The maximum Gasteiger partial charge on any atom is 0.338 e. The van der Waals surface area contributed by atoms with Crippen molar-refractivity contribution in [1.82, 2.24) is 4.57 Å². The van der Waals surface area contributed by atoms with E-state index in [1.807, 2.05) is 30.3 Å². The smallest absolute Gasteiger partial charge is 0.338 e. The van der Waals surface area contributed by atoms with Gasteiger partial charge in [0.1, 0.15) is 0 Å². The Morgan fingerprint density at radius 2 is 2.07 bits per heavy atom. The largest absolute Gasteiger partial charge is 0.472 e. The third-order valence-electron chi connectivity index (χ3n) is 4.38. The van der Waals surface area contributed by atoms with Gasteiger partial charge in [-0.25, -0.2) is 9.79 Å². The number of furan rings is 1. The molecule has 3 aromatic rings. The number of hydrogen-bond donors (Lipinski definition) is 0. The first-order valence-corrected chi connectivity index (χ1v) is 9.10. The first-order chi connectivity index (χ1) is 13.1. The van der Waals surface area contributed by atoms with Crippen molar-refractivity contribution < 1.29 is 13.9 Å². The summed E-state index contributed by atoms with van der Waals surface area (Å²) in [5.74, 6) is -0.491. The quantitative estimate of drug-likeness (QED) is 0.652. The lowest BCUT2D eigenvalue weighted by molar-refractivity contribution is -0.136. The van der Waals surface area contributed by atoms with Gasteiger partial charge in [-0.05, 0) is 24.6 Å². The fraction of sp³-hybridized carbons (Fsp3) is 0.150. The number of rotatable bonds is 3. The molecule has 6 nitrogen and oxygen atoms in total. The Morgan fingerprint density at radius 3 is 2.74 bits per heavy atom. The fourth-order valence-corrected chi connectivity index (χ4v) is 4.20. The second kappa shape index (κ2) is 6.85. The van der Waals surface area contributed by atoms with Crippen molar-refractivity contribution in [2.45, 2.75) is 13.0 Å². The molecule has 0 fully saturated rings. The van der Waals surface area contributed by atoms with E-state index in [9.17, 15) is 9.59 Å². The number of esters is 1. The van der Waals surface area contributed by atoms with Crippen molar-refractivity contribution in [3.63, 3.8) is 0 Å². The van der Waals surface area contributed by atoms with Gasteiger partial charge in [-0.1, -0.05) is 41.7 Å². The van der Waals surface area contributed by atoms with Crippen LogP contribution in [-0.4, -0.2) is 17.6 Å². The predicted molar refractivity (Wildman–Crippen MR) is 101 cm³/mol. The van der Waals surface area contributed by atoms with E-state index in [1.54, 1.807) is 36.2 Å². The molecule has 136 valence electrons. The van der Waals surface area contributed by atoms with Crippen molar-refractivity contribution in [2.24, 2.45) is 4.99 Å². The van der Waals surface area contributed by atoms with Gasteiger partial charge < -0.3 is 9.15 Å². The molecule has 1 unspecified atom stereocenters. The van der Waals surface area contributed by atoms with E-state index in [0.717, 1.165) is 11.1 Å². The summed E-state index contributed by atoms with van der Waals surface area (Å²) in [4.78, 5) is 30.7. The number of hydrogen-bond acceptors (Lipinski definition) is 6. The van der Waals surface area contributed by atoms with Crippen LogP contribution < -0.4 is 14.9 Å². The number of fused-ring (bicyclic) bond motifs is 1. The molecule has 0 aliphatic carbocycles. The van der Waals surface area contributed by atoms with Crippen molar-refractivity contribution in [3.05, 3.63) is 91.0 Å². The molecule has 0 radical (unpaired) electrons. The van der Waals surface area contributed by atoms with Gasteiger partial charge in [0.25, 0.3) is 5.56 Å². The molecule has 2 aromatic heterocycles. The molecule has 0 saturated carbocycles. The van der Waals surface area contributed by atoms with E-state index in [-0.39, 0.29) is 5.56 Å². The molecule has 0 spiro atoms. The monoisotopic (exact) mass is 380 g/mol. The van der Waals surface area contributed by atoms with Crippen LogP contribution in [0.1, 0.15) is 24.1 Å². The van der Waals surface area contributed by atoms with Gasteiger partial charge in [0, 0.05) is 5.56 Å². The van der Waals surface area contributed by atoms with E-state index < -0.39 is 12.0 Å². The number of methoxy groups -OCH3 is 1. The average molecular weight is 380 g/mol. The van der Waals surface area contributed by atoms with Gasteiger partial charge in [-0.3, -0.25) is 9.36 Å². The van der Waals surface area contributed by atoms with Crippen LogP contribution in [0.5, 0.6) is 0 Å². The summed E-state index contributed by atoms with van der Waals surface area (Å²) >= 11 is 1.28. The molecule has 1 atom stereocenters. The third-order valence-corrected chi connectivity index (χ3v) is 5.37. The van der Waals surface area contributed by atoms with Crippen LogP contribution in [0.4, 0.5) is 0 Å². The van der Waals surface area contributed by atoms with Crippen molar-refractivity contribution in [3.8, 4) is 0 Å². The lowest BCUT2D eigenvalue weighted by Gasteiger charge is -2.24. The van der Waals surface area contributed by atoms with Crippen molar-refractivity contribution >= 4 is 23.4 Å². The minimum absolute atomic E-state index is 0.206. The summed E-state index contributed by atoms with van der Waals surface area (Å²) in [6.45, 7) is 1.76. The molecule has 1 aliphatic rings. The van der Waals surface area contributed by atoms with Gasteiger partial charge in [0.15, 0.2) is 4.80 Å². The number of thiazole rings is 1. The van der Waals surface area contributed by atoms with Crippen LogP contribution >= 0.6 is 11.3 Å². The van der Waals surface area contributed by atoms with Gasteiger partial charge in [0.05, 0.1) is 41.5 Å². The maximum atomic E-state index is 13.2. The second-order valence-corrected chi connectivity index (χ2v) is 7.05. The highest BCUT2D eigenvalue weighted by Gasteiger charge is 2.32. The zero-order valence-electron chi connectivity index (χ0n) is 14.7. The fourth-order valence-electron chi connectivity index (χ4n) is 3.15. The maximum absolute atomic E-state index is 13.2. The molecule has 3 heterocycles. The van der Waals surface area contributed by atoms with Gasteiger partial charge in [-0.2, -0.15) is 0 Å². The van der Waals surface area contributed by atoms with E-state index in [0.29, 0.717) is 20.6 Å². The lowest BCUT2D eigenvalue weighted by Crippen LogP contribution is -2.39. The highest BCUT2D eigenvalue weighted by molar-refractivity contribution is 7.07. The zero-order valence-corrected chi connectivity index (χ0v) is 15.5. The predicted octanol–water partition coefficient (Wildman–Crippen LogP) is 2.00. The number of aromatic nitrogens is 1. The first kappa shape index (κ1) is 17.2. The molecule has 0 N–H and O–H groups in total. The average Bonchev–Trinajstić information content (AvgIpc) is 3.29. The Kier molecular flexibility index (Phi) is 4.37. The molecule has 4 rings (SSSR count). The zero-order chi connectivity index (χ0) is 19.0. The molecule has 7 heteroatoms. The summed E-state index contributed by atoms with van der Waals surface area (Å²) in [5, 5.41) is 0. The molecule has 1 aliphatic heterocycles. The molecular weight excluding hydrogens is 364 g/mol. The standard InChI is InChI=1S/C20H16N2O4S/c1-12-16(19(24)25-2)17(14-6-4-3-5-7-14)22-18(23)15(27-20(22)21-12)10-13-8-9-26-11-13/h3-11,17H,1-2H3/b15-10-. The van der Waals surface area contributed by atoms with Crippen LogP contribution in [0, 0.1) is 0 Å². The van der Waals surface area contributed by atoms with Crippen LogP contribution in [0.15, 0.2) is 74.4 Å². The summed E-state index contributed by atoms with van der Waals surface area (Å²) < 4.78 is 12.1. The number of nitrogens with zero attached hydrogens (tertiary/aromatic N) is 2. The Hall–Kier alpha value is -3.19. The summed E-state index contributed by atoms with van der Waals surface area (Å²) in [5.41, 5.74) is 2.32. The minimum Gasteiger partial charge on any atom is -0.472 e. The highest BCUT2D eigenvalue weighted by atomic mass is 32.1. The Morgan fingerprint density at radius 1 is 1.30 bits per heavy atom. The lowest BCUT2D eigenvalue weighted by atomic mass is 9.96. The van der Waals surface area contributed by atoms with Crippen LogP contribution in [0.2, 0.25) is 0 Å². The van der Waals surface area contributed by atoms with E-state index >= 15 is 0 Å². The van der Waals surface area contributed by atoms with Gasteiger partial charge in [-0.15, -0.1) is 0 Å². The molecule has 0 amide bonds. The number of carbonyl (C=O) groups is 1. The number of carbonyl (C=O) groups excluding carboxylic acids is 1. The van der Waals surface area contributed by atoms with Gasteiger partial charge >= 0.3 is 5.97 Å². The minimum atomic E-state index is -0.582. The first-order valence-electron chi connectivity index (χ1n) is 8.28. The normalized spacial score (nSPS) is 16.8. The third kappa shape index (κ3) is 2.96. The van der Waals surface area contributed by atoms with Crippen LogP contribution in [0.25, 0.3) is 6.08 Å². The number of ether oxygens (including phenoxy) is 1. The molecular formula is C20H16N2O4S. The Bertz CT molecular complexity index is 1200. The van der Waals surface area contributed by atoms with Crippen molar-refractivity contribution in [2.75, 3.05) is 7.11 Å². The molecule has 27 heavy (non-hydrogen) atoms. The molecule has 0 saturated heterocycles. The van der Waals surface area contributed by atoms with Crippen LogP contribution in [-0.2, 0) is 9.53 Å². The van der Waals surface area contributed by atoms with Crippen LogP contribution in [0.3, 0.4) is 0 Å². The topological polar surface area (TPSA) is 73.8 Å². The molecule has 1 aromatic carbocycles. The Labute approximate surface area is 158 Å². The summed E-state index contributed by atoms with van der Waals surface area (Å²) in [7, 11) is 1.33. The van der Waals surface area contributed by atoms with Crippen molar-refractivity contribution in [1.29, 1.82) is 0 Å². The van der Waals surface area contributed by atoms with E-state index in [1.165, 1.54) is 18.4 Å². The summed E-state index contributed by atoms with van der Waals surface area (Å²) in [6.07, 6.45) is 4.87. The second-order valence-electron chi connectivity index (χ2n) is 6.04. The van der Waals surface area contributed by atoms with E-state index in [2.05, 4.69) is 4.99 Å². The van der Waals surface area contributed by atoms with E-state index in [4.69, 9.17) is 9.15 Å². The van der Waals surface area contributed by atoms with Gasteiger partial charge in [0.2, 0.25) is 0 Å². The number of benzene rings is 1. The number of allylic oxidation sites excluding steroid dienone is 1. The summed E-state index contributed by atoms with van der Waals surface area (Å²) in [6, 6.07) is 10.6.